The zero-order chi connectivity index (χ0) is 9.84. The third-order valence-corrected chi connectivity index (χ3v) is 2.38. The Labute approximate surface area is 85.7 Å². The van der Waals surface area contributed by atoms with Crippen molar-refractivity contribution in [3.05, 3.63) is 29.3 Å². The van der Waals surface area contributed by atoms with Crippen LogP contribution in [0.15, 0.2) is 18.2 Å². The van der Waals surface area contributed by atoms with E-state index in [4.69, 9.17) is 0 Å². The Balaban J connectivity index is 2.99. The number of carbonyl (C=O) groups is 1. The van der Waals surface area contributed by atoms with Gasteiger partial charge in [0.1, 0.15) is 11.5 Å². The molecule has 0 radical (unpaired) electrons. The van der Waals surface area contributed by atoms with Crippen molar-refractivity contribution in [3.63, 3.8) is 0 Å². The van der Waals surface area contributed by atoms with Gasteiger partial charge in [0.25, 0.3) is 0 Å². The zero-order valence-corrected chi connectivity index (χ0v) is 8.97. The summed E-state index contributed by atoms with van der Waals surface area (Å²) >= 11 is 3.31. The van der Waals surface area contributed by atoms with Gasteiger partial charge in [-0.3, -0.25) is 4.79 Å². The van der Waals surface area contributed by atoms with Crippen molar-refractivity contribution in [3.8, 4) is 5.75 Å². The second-order valence-electron chi connectivity index (χ2n) is 2.97. The molecule has 0 aliphatic heterocycles. The quantitative estimate of drug-likeness (QED) is 0.827. The van der Waals surface area contributed by atoms with E-state index in [0.29, 0.717) is 11.8 Å². The summed E-state index contributed by atoms with van der Waals surface area (Å²) in [7, 11) is 0. The maximum absolute atomic E-state index is 10.9. The molecular formula is C10H11BrO2. The van der Waals surface area contributed by atoms with E-state index >= 15 is 0 Å². The van der Waals surface area contributed by atoms with Crippen molar-refractivity contribution in [2.75, 3.05) is 0 Å². The van der Waals surface area contributed by atoms with E-state index in [-0.39, 0.29) is 11.5 Å². The third-order valence-electron chi connectivity index (χ3n) is 1.77. The number of alkyl halides is 1. The maximum Gasteiger partial charge on any atom is 0.134 e. The van der Waals surface area contributed by atoms with Crippen molar-refractivity contribution in [2.24, 2.45) is 0 Å². The highest BCUT2D eigenvalue weighted by Crippen LogP contribution is 2.19. The minimum absolute atomic E-state index is 0.132. The molecule has 1 aromatic rings. The van der Waals surface area contributed by atoms with E-state index in [1.54, 1.807) is 25.1 Å². The summed E-state index contributed by atoms with van der Waals surface area (Å²) in [6.07, 6.45) is 0.432. The Kier molecular flexibility index (Phi) is 3.48. The van der Waals surface area contributed by atoms with Gasteiger partial charge in [-0.05, 0) is 30.2 Å². The highest BCUT2D eigenvalue weighted by atomic mass is 79.9. The normalized spacial score (nSPS) is 10.0. The van der Waals surface area contributed by atoms with Crippen molar-refractivity contribution >= 4 is 21.7 Å². The Hall–Kier alpha value is -0.830. The molecule has 0 spiro atoms. The number of halogens is 1. The van der Waals surface area contributed by atoms with Gasteiger partial charge in [-0.25, -0.2) is 0 Å². The molecule has 13 heavy (non-hydrogen) atoms. The lowest BCUT2D eigenvalue weighted by Gasteiger charge is -2.05. The van der Waals surface area contributed by atoms with Crippen LogP contribution in [0.5, 0.6) is 5.75 Å². The molecule has 0 fully saturated rings. The number of Topliss-reactive ketones (excluding diaryl/α,β-unsaturated/α-hetero) is 1. The van der Waals surface area contributed by atoms with Gasteiger partial charge in [-0.2, -0.15) is 0 Å². The Morgan fingerprint density at radius 2 is 2.15 bits per heavy atom. The van der Waals surface area contributed by atoms with E-state index in [0.717, 1.165) is 11.1 Å². The average molecular weight is 243 g/mol. The van der Waals surface area contributed by atoms with Gasteiger partial charge in [-0.1, -0.05) is 22.0 Å². The molecular weight excluding hydrogens is 232 g/mol. The molecule has 1 rings (SSSR count). The highest BCUT2D eigenvalue weighted by Gasteiger charge is 2.04. The summed E-state index contributed by atoms with van der Waals surface area (Å²) in [5.41, 5.74) is 1.94. The number of phenols is 1. The van der Waals surface area contributed by atoms with Gasteiger partial charge in [-0.15, -0.1) is 0 Å². The first-order valence-electron chi connectivity index (χ1n) is 3.99. The monoisotopic (exact) mass is 242 g/mol. The fourth-order valence-electron chi connectivity index (χ4n) is 1.18. The second kappa shape index (κ2) is 4.42. The van der Waals surface area contributed by atoms with Crippen LogP contribution in [0.25, 0.3) is 0 Å². The van der Waals surface area contributed by atoms with Gasteiger partial charge < -0.3 is 5.11 Å². The molecule has 0 unspecified atom stereocenters. The van der Waals surface area contributed by atoms with Crippen LogP contribution < -0.4 is 0 Å². The number of rotatable bonds is 3. The van der Waals surface area contributed by atoms with Crippen LogP contribution in [0, 0.1) is 0 Å². The Bertz CT molecular complexity index is 321. The number of carbonyl (C=O) groups excluding carboxylic acids is 1. The summed E-state index contributed by atoms with van der Waals surface area (Å²) in [6, 6.07) is 5.06. The summed E-state index contributed by atoms with van der Waals surface area (Å²) in [6.45, 7) is 1.56. The van der Waals surface area contributed by atoms with Crippen LogP contribution in [0.3, 0.4) is 0 Å². The maximum atomic E-state index is 10.9. The number of hydrogen-bond acceptors (Lipinski definition) is 2. The van der Waals surface area contributed by atoms with E-state index < -0.39 is 0 Å². The summed E-state index contributed by atoms with van der Waals surface area (Å²) in [4.78, 5) is 10.9. The molecule has 0 amide bonds. The zero-order valence-electron chi connectivity index (χ0n) is 7.38. The molecule has 2 nitrogen and oxygen atoms in total. The first-order chi connectivity index (χ1) is 6.13. The number of phenolic OH excluding ortho intramolecular Hbond substituents is 1. The lowest BCUT2D eigenvalue weighted by atomic mass is 10.0. The van der Waals surface area contributed by atoms with Crippen molar-refractivity contribution in [1.29, 1.82) is 0 Å². The summed E-state index contributed by atoms with van der Waals surface area (Å²) < 4.78 is 0. The molecule has 70 valence electrons. The number of ketones is 1. The fraction of sp³-hybridized carbons (Fsp3) is 0.300. The van der Waals surface area contributed by atoms with Gasteiger partial charge in [0.15, 0.2) is 0 Å². The van der Waals surface area contributed by atoms with E-state index in [1.807, 2.05) is 0 Å². The molecule has 0 heterocycles. The molecule has 1 N–H and O–H groups in total. The molecule has 0 atom stereocenters. The first-order valence-corrected chi connectivity index (χ1v) is 5.12. The SMILES string of the molecule is CC(=O)Cc1ccc(O)cc1CBr. The van der Waals surface area contributed by atoms with Crippen LogP contribution in [-0.2, 0) is 16.5 Å². The standard InChI is InChI=1S/C10H11BrO2/c1-7(12)4-8-2-3-10(13)5-9(8)6-11/h2-3,5,13H,4,6H2,1H3. The lowest BCUT2D eigenvalue weighted by Crippen LogP contribution is -1.99. The Morgan fingerprint density at radius 3 is 2.69 bits per heavy atom. The molecule has 3 heteroatoms. The van der Waals surface area contributed by atoms with Crippen molar-refractivity contribution in [1.82, 2.24) is 0 Å². The summed E-state index contributed by atoms with van der Waals surface area (Å²) in [5, 5.41) is 9.85. The molecule has 0 saturated heterocycles. The third kappa shape index (κ3) is 2.84. The van der Waals surface area contributed by atoms with Crippen LogP contribution >= 0.6 is 15.9 Å². The minimum atomic E-state index is 0.132. The molecule has 0 aliphatic rings. The molecule has 0 aliphatic carbocycles. The molecule has 0 saturated carbocycles. The van der Waals surface area contributed by atoms with Crippen molar-refractivity contribution < 1.29 is 9.90 Å². The van der Waals surface area contributed by atoms with Gasteiger partial charge in [0.05, 0.1) is 0 Å². The average Bonchev–Trinajstić information content (AvgIpc) is 2.07. The number of aromatic hydroxyl groups is 1. The van der Waals surface area contributed by atoms with Crippen molar-refractivity contribution in [2.45, 2.75) is 18.7 Å². The van der Waals surface area contributed by atoms with Crippen LogP contribution in [0.4, 0.5) is 0 Å². The smallest absolute Gasteiger partial charge is 0.134 e. The molecule has 1 aromatic carbocycles. The summed E-state index contributed by atoms with van der Waals surface area (Å²) in [5.74, 6) is 0.370. The van der Waals surface area contributed by atoms with E-state index in [2.05, 4.69) is 15.9 Å². The molecule has 0 aromatic heterocycles. The van der Waals surface area contributed by atoms with Gasteiger partial charge in [0.2, 0.25) is 0 Å². The lowest BCUT2D eigenvalue weighted by molar-refractivity contribution is -0.116. The number of hydrogen-bond donors (Lipinski definition) is 1. The van der Waals surface area contributed by atoms with E-state index in [9.17, 15) is 9.90 Å². The predicted molar refractivity (Wildman–Crippen MR) is 55.1 cm³/mol. The van der Waals surface area contributed by atoms with Gasteiger partial charge in [0, 0.05) is 11.8 Å². The molecule has 0 bridgehead atoms. The number of benzene rings is 1. The second-order valence-corrected chi connectivity index (χ2v) is 3.53. The van der Waals surface area contributed by atoms with E-state index in [1.165, 1.54) is 0 Å². The van der Waals surface area contributed by atoms with Crippen LogP contribution in [-0.4, -0.2) is 10.9 Å². The topological polar surface area (TPSA) is 37.3 Å². The highest BCUT2D eigenvalue weighted by molar-refractivity contribution is 9.08. The van der Waals surface area contributed by atoms with Crippen LogP contribution in [0.2, 0.25) is 0 Å². The Morgan fingerprint density at radius 1 is 1.46 bits per heavy atom. The largest absolute Gasteiger partial charge is 0.508 e. The van der Waals surface area contributed by atoms with Gasteiger partial charge >= 0.3 is 0 Å². The predicted octanol–water partition coefficient (Wildman–Crippen LogP) is 2.42. The van der Waals surface area contributed by atoms with Crippen LogP contribution in [0.1, 0.15) is 18.1 Å². The fourth-order valence-corrected chi connectivity index (χ4v) is 1.70. The first kappa shape index (κ1) is 10.3. The minimum Gasteiger partial charge on any atom is -0.508 e.